The molecule has 0 bridgehead atoms. The lowest BCUT2D eigenvalue weighted by atomic mass is 10.1. The zero-order valence-electron chi connectivity index (χ0n) is 11.0. The van der Waals surface area contributed by atoms with E-state index in [1.807, 2.05) is 12.1 Å². The van der Waals surface area contributed by atoms with Gasteiger partial charge in [0.05, 0.1) is 4.92 Å². The number of rotatable bonds is 4. The van der Waals surface area contributed by atoms with Crippen molar-refractivity contribution in [1.82, 2.24) is 9.78 Å². The quantitative estimate of drug-likeness (QED) is 0.351. The van der Waals surface area contributed by atoms with Crippen LogP contribution in [-0.2, 0) is 6.54 Å². The van der Waals surface area contributed by atoms with E-state index in [-0.39, 0.29) is 18.0 Å². The van der Waals surface area contributed by atoms with Crippen LogP contribution in [0.3, 0.4) is 0 Å². The highest BCUT2D eigenvalue weighted by atomic mass is 127. The lowest BCUT2D eigenvalue weighted by Gasteiger charge is -2.03. The van der Waals surface area contributed by atoms with E-state index in [4.69, 9.17) is 0 Å². The van der Waals surface area contributed by atoms with E-state index < -0.39 is 4.92 Å². The summed E-state index contributed by atoms with van der Waals surface area (Å²) in [5.74, 6) is -0.123. The molecule has 0 saturated carbocycles. The molecule has 6 nitrogen and oxygen atoms in total. The predicted octanol–water partition coefficient (Wildman–Crippen LogP) is 2.90. The molecular weight excluding hydrogens is 373 g/mol. The van der Waals surface area contributed by atoms with Gasteiger partial charge in [0.25, 0.3) is 0 Å². The third kappa shape index (κ3) is 2.87. The zero-order chi connectivity index (χ0) is 14.9. The molecule has 1 aromatic heterocycles. The SMILES string of the molecule is Cc1nn(CC(=O)c2ccc(I)cc2)c(C)c1[N+](=O)[O-]. The van der Waals surface area contributed by atoms with Crippen LogP contribution < -0.4 is 0 Å². The van der Waals surface area contributed by atoms with Gasteiger partial charge in [0, 0.05) is 9.13 Å². The topological polar surface area (TPSA) is 78.0 Å². The molecule has 0 unspecified atom stereocenters. The molecule has 104 valence electrons. The van der Waals surface area contributed by atoms with Crippen LogP contribution in [0.1, 0.15) is 21.7 Å². The van der Waals surface area contributed by atoms with Crippen molar-refractivity contribution in [3.63, 3.8) is 0 Å². The minimum absolute atomic E-state index is 0.00110. The summed E-state index contributed by atoms with van der Waals surface area (Å²) in [4.78, 5) is 22.6. The van der Waals surface area contributed by atoms with Gasteiger partial charge >= 0.3 is 5.69 Å². The van der Waals surface area contributed by atoms with E-state index >= 15 is 0 Å². The Hall–Kier alpha value is -1.77. The summed E-state index contributed by atoms with van der Waals surface area (Å²) in [7, 11) is 0. The standard InChI is InChI=1S/C13H12IN3O3/c1-8-13(17(19)20)9(2)16(15-8)7-12(18)10-3-5-11(14)6-4-10/h3-6H,7H2,1-2H3. The summed E-state index contributed by atoms with van der Waals surface area (Å²) in [6.07, 6.45) is 0. The maximum absolute atomic E-state index is 12.1. The van der Waals surface area contributed by atoms with Crippen molar-refractivity contribution in [2.45, 2.75) is 20.4 Å². The molecule has 0 saturated heterocycles. The Morgan fingerprint density at radius 3 is 2.45 bits per heavy atom. The molecule has 2 rings (SSSR count). The van der Waals surface area contributed by atoms with E-state index in [0.717, 1.165) is 3.57 Å². The highest BCUT2D eigenvalue weighted by Crippen LogP contribution is 2.22. The summed E-state index contributed by atoms with van der Waals surface area (Å²) in [5, 5.41) is 15.0. The van der Waals surface area contributed by atoms with Gasteiger partial charge in [-0.3, -0.25) is 19.6 Å². The average molecular weight is 385 g/mol. The second-order valence-corrected chi connectivity index (χ2v) is 5.61. The summed E-state index contributed by atoms with van der Waals surface area (Å²) in [6, 6.07) is 7.17. The molecule has 1 aromatic carbocycles. The number of aromatic nitrogens is 2. The van der Waals surface area contributed by atoms with Gasteiger partial charge in [0.2, 0.25) is 0 Å². The van der Waals surface area contributed by atoms with Crippen LogP contribution >= 0.6 is 22.6 Å². The third-order valence-electron chi connectivity index (χ3n) is 2.99. The molecule has 0 fully saturated rings. The lowest BCUT2D eigenvalue weighted by Crippen LogP contribution is -2.13. The molecule has 7 heteroatoms. The van der Waals surface area contributed by atoms with Gasteiger partial charge in [-0.25, -0.2) is 0 Å². The van der Waals surface area contributed by atoms with Crippen LogP contribution in [-0.4, -0.2) is 20.5 Å². The summed E-state index contributed by atoms with van der Waals surface area (Å²) >= 11 is 2.16. The van der Waals surface area contributed by atoms with Gasteiger partial charge in [-0.05, 0) is 48.6 Å². The number of aryl methyl sites for hydroxylation is 1. The monoisotopic (exact) mass is 385 g/mol. The second kappa shape index (κ2) is 5.70. The van der Waals surface area contributed by atoms with Gasteiger partial charge in [-0.1, -0.05) is 12.1 Å². The van der Waals surface area contributed by atoms with Gasteiger partial charge in [-0.2, -0.15) is 5.10 Å². The fourth-order valence-electron chi connectivity index (χ4n) is 1.97. The van der Waals surface area contributed by atoms with Gasteiger partial charge in [0.1, 0.15) is 17.9 Å². The number of nitro groups is 1. The van der Waals surface area contributed by atoms with Crippen LogP contribution in [0.2, 0.25) is 0 Å². The fraction of sp³-hybridized carbons (Fsp3) is 0.231. The van der Waals surface area contributed by atoms with Crippen LogP contribution in [0, 0.1) is 27.5 Å². The number of halogens is 1. The first-order chi connectivity index (χ1) is 9.40. The number of ketones is 1. The zero-order valence-corrected chi connectivity index (χ0v) is 13.1. The molecule has 2 aromatic rings. The van der Waals surface area contributed by atoms with Crippen LogP contribution in [0.4, 0.5) is 5.69 Å². The number of hydrogen-bond donors (Lipinski definition) is 0. The van der Waals surface area contributed by atoms with Crippen molar-refractivity contribution in [2.24, 2.45) is 0 Å². The molecule has 0 radical (unpaired) electrons. The molecule has 0 aliphatic heterocycles. The summed E-state index contributed by atoms with van der Waals surface area (Å²) in [6.45, 7) is 3.16. The highest BCUT2D eigenvalue weighted by molar-refractivity contribution is 14.1. The number of Topliss-reactive ketones (excluding diaryl/α,β-unsaturated/α-hetero) is 1. The van der Waals surface area contributed by atoms with Crippen molar-refractivity contribution in [1.29, 1.82) is 0 Å². The van der Waals surface area contributed by atoms with E-state index in [9.17, 15) is 14.9 Å². The second-order valence-electron chi connectivity index (χ2n) is 4.36. The number of carbonyl (C=O) groups excluding carboxylic acids is 1. The van der Waals surface area contributed by atoms with Gasteiger partial charge in [0.15, 0.2) is 5.78 Å². The van der Waals surface area contributed by atoms with Crippen LogP contribution in [0.25, 0.3) is 0 Å². The first-order valence-corrected chi connectivity index (χ1v) is 6.95. The first-order valence-electron chi connectivity index (χ1n) is 5.87. The minimum atomic E-state index is -0.469. The molecule has 0 atom stereocenters. The van der Waals surface area contributed by atoms with Crippen molar-refractivity contribution < 1.29 is 9.72 Å². The first kappa shape index (κ1) is 14.6. The van der Waals surface area contributed by atoms with E-state index in [1.54, 1.807) is 26.0 Å². The molecule has 0 aliphatic rings. The third-order valence-corrected chi connectivity index (χ3v) is 3.70. The number of carbonyl (C=O) groups is 1. The number of hydrogen-bond acceptors (Lipinski definition) is 4. The van der Waals surface area contributed by atoms with Crippen molar-refractivity contribution >= 4 is 34.1 Å². The fourth-order valence-corrected chi connectivity index (χ4v) is 2.33. The number of nitrogens with zero attached hydrogens (tertiary/aromatic N) is 3. The van der Waals surface area contributed by atoms with Crippen molar-refractivity contribution in [3.05, 3.63) is 54.9 Å². The highest BCUT2D eigenvalue weighted by Gasteiger charge is 2.22. The average Bonchev–Trinajstić information content (AvgIpc) is 2.65. The predicted molar refractivity (Wildman–Crippen MR) is 81.8 cm³/mol. The van der Waals surface area contributed by atoms with Crippen molar-refractivity contribution in [2.75, 3.05) is 0 Å². The Bertz CT molecular complexity index is 677. The van der Waals surface area contributed by atoms with Crippen LogP contribution in [0.5, 0.6) is 0 Å². The number of benzene rings is 1. The maximum atomic E-state index is 12.1. The Balaban J connectivity index is 2.26. The normalized spacial score (nSPS) is 10.6. The molecule has 0 N–H and O–H groups in total. The molecule has 20 heavy (non-hydrogen) atoms. The smallest absolute Gasteiger partial charge is 0.292 e. The molecule has 1 heterocycles. The Morgan fingerprint density at radius 2 is 1.95 bits per heavy atom. The van der Waals surface area contributed by atoms with Crippen molar-refractivity contribution in [3.8, 4) is 0 Å². The summed E-state index contributed by atoms with van der Waals surface area (Å²) < 4.78 is 2.43. The molecule has 0 spiro atoms. The van der Waals surface area contributed by atoms with Crippen LogP contribution in [0.15, 0.2) is 24.3 Å². The van der Waals surface area contributed by atoms with Gasteiger partial charge < -0.3 is 0 Å². The van der Waals surface area contributed by atoms with Gasteiger partial charge in [-0.15, -0.1) is 0 Å². The van der Waals surface area contributed by atoms with E-state index in [1.165, 1.54) is 4.68 Å². The molecular formula is C13H12IN3O3. The largest absolute Gasteiger partial charge is 0.312 e. The lowest BCUT2D eigenvalue weighted by molar-refractivity contribution is -0.386. The van der Waals surface area contributed by atoms with E-state index in [0.29, 0.717) is 17.0 Å². The molecule has 0 amide bonds. The minimum Gasteiger partial charge on any atom is -0.292 e. The maximum Gasteiger partial charge on any atom is 0.312 e. The Labute approximate surface area is 129 Å². The Kier molecular flexibility index (Phi) is 4.17. The summed E-state index contributed by atoms with van der Waals surface area (Å²) in [5.41, 5.74) is 1.26. The Morgan fingerprint density at radius 1 is 1.35 bits per heavy atom. The molecule has 0 aliphatic carbocycles. The van der Waals surface area contributed by atoms with E-state index in [2.05, 4.69) is 27.7 Å².